The smallest absolute Gasteiger partial charge is 0.228 e. The van der Waals surface area contributed by atoms with Gasteiger partial charge >= 0.3 is 0 Å². The van der Waals surface area contributed by atoms with Gasteiger partial charge in [-0.3, -0.25) is 0 Å². The minimum Gasteiger partial charge on any atom is -0.416 e. The van der Waals surface area contributed by atoms with Crippen molar-refractivity contribution < 1.29 is 13.9 Å². The molecule has 1 saturated heterocycles. The van der Waals surface area contributed by atoms with E-state index >= 15 is 0 Å². The number of nitrogens with zero attached hydrogens (tertiary/aromatic N) is 5. The minimum absolute atomic E-state index is 0.0600. The molecule has 0 amide bonds. The van der Waals surface area contributed by atoms with Crippen LogP contribution in [0.2, 0.25) is 18.1 Å². The highest BCUT2D eigenvalue weighted by Crippen LogP contribution is 2.44. The van der Waals surface area contributed by atoms with Gasteiger partial charge in [0.15, 0.2) is 8.32 Å². The number of anilines is 3. The predicted octanol–water partition coefficient (Wildman–Crippen LogP) is 5.38. The highest BCUT2D eigenvalue weighted by atomic mass is 28.4. The second-order valence-corrected chi connectivity index (χ2v) is 17.6. The van der Waals surface area contributed by atoms with Crippen molar-refractivity contribution in [1.82, 2.24) is 19.7 Å². The fourth-order valence-corrected chi connectivity index (χ4v) is 6.04. The van der Waals surface area contributed by atoms with E-state index in [1.807, 2.05) is 29.8 Å². The standard InChI is InChI=1S/C30H41N7O3Si/c1-20-12-26(37(36-20)16-23-17-38-10-11-39-23)35-28-32-9-8-25(34-28)21-13-22(15-31)27-24(14-21)30(5,18-33-27)19-40-41(6,7)29(2,3)4/h8-9,12-14,23,33H,10-11,16-19H2,1-7H3,(H,32,34,35)/t23?,30-/m1/s1. The normalized spacial score (nSPS) is 20.8. The number of nitrogens with one attached hydrogen (secondary N) is 2. The number of benzene rings is 1. The third-order valence-electron chi connectivity index (χ3n) is 8.48. The van der Waals surface area contributed by atoms with Crippen molar-refractivity contribution in [3.63, 3.8) is 0 Å². The second kappa shape index (κ2) is 11.2. The zero-order chi connectivity index (χ0) is 29.4. The van der Waals surface area contributed by atoms with Crippen molar-refractivity contribution in [3.05, 3.63) is 47.3 Å². The molecule has 2 aromatic heterocycles. The van der Waals surface area contributed by atoms with Crippen LogP contribution < -0.4 is 10.6 Å². The number of aromatic nitrogens is 4. The Bertz CT molecular complexity index is 1450. The first-order valence-electron chi connectivity index (χ1n) is 14.2. The van der Waals surface area contributed by atoms with E-state index in [-0.39, 0.29) is 16.6 Å². The summed E-state index contributed by atoms with van der Waals surface area (Å²) in [5, 5.41) is 21.6. The van der Waals surface area contributed by atoms with E-state index in [0.29, 0.717) is 51.0 Å². The van der Waals surface area contributed by atoms with Crippen molar-refractivity contribution in [3.8, 4) is 17.3 Å². The second-order valence-electron chi connectivity index (χ2n) is 12.8. The summed E-state index contributed by atoms with van der Waals surface area (Å²) in [7, 11) is -1.95. The van der Waals surface area contributed by atoms with Crippen molar-refractivity contribution in [2.45, 2.75) is 70.8 Å². The number of hydrogen-bond donors (Lipinski definition) is 2. The SMILES string of the molecule is Cc1cc(Nc2nccc(-c3cc(C#N)c4c(c3)[C@@](C)(CO[Si](C)(C)C(C)(C)C)CN4)n2)n(CC2COCCO2)n1. The molecule has 2 aliphatic rings. The zero-order valence-electron chi connectivity index (χ0n) is 25.2. The van der Waals surface area contributed by atoms with Gasteiger partial charge in [0, 0.05) is 36.4 Å². The Hall–Kier alpha value is -3.30. The lowest BCUT2D eigenvalue weighted by molar-refractivity contribution is -0.0944. The summed E-state index contributed by atoms with van der Waals surface area (Å²) in [4.78, 5) is 9.30. The summed E-state index contributed by atoms with van der Waals surface area (Å²) in [6, 6.07) is 10.3. The fourth-order valence-electron chi connectivity index (χ4n) is 4.92. The molecule has 0 saturated carbocycles. The van der Waals surface area contributed by atoms with Gasteiger partial charge in [-0.2, -0.15) is 10.4 Å². The molecular formula is C30H41N7O3Si. The first-order valence-corrected chi connectivity index (χ1v) is 17.1. The van der Waals surface area contributed by atoms with Crippen LogP contribution in [0.5, 0.6) is 0 Å². The molecule has 10 nitrogen and oxygen atoms in total. The van der Waals surface area contributed by atoms with Gasteiger partial charge in [0.25, 0.3) is 0 Å². The molecule has 2 aliphatic heterocycles. The molecule has 3 aromatic rings. The van der Waals surface area contributed by atoms with E-state index in [9.17, 15) is 5.26 Å². The molecule has 5 rings (SSSR count). The first-order chi connectivity index (χ1) is 19.4. The van der Waals surface area contributed by atoms with Gasteiger partial charge < -0.3 is 24.5 Å². The minimum atomic E-state index is -1.95. The molecule has 2 N–H and O–H groups in total. The number of fused-ring (bicyclic) bond motifs is 1. The van der Waals surface area contributed by atoms with Crippen LogP contribution in [0.4, 0.5) is 17.5 Å². The summed E-state index contributed by atoms with van der Waals surface area (Å²) >= 11 is 0. The Morgan fingerprint density at radius 3 is 2.78 bits per heavy atom. The maximum Gasteiger partial charge on any atom is 0.228 e. The number of aryl methyl sites for hydroxylation is 1. The molecule has 0 spiro atoms. The molecule has 0 radical (unpaired) electrons. The van der Waals surface area contributed by atoms with Gasteiger partial charge in [-0.05, 0) is 48.8 Å². The average molecular weight is 576 g/mol. The van der Waals surface area contributed by atoms with Crippen LogP contribution in [0.25, 0.3) is 11.3 Å². The Morgan fingerprint density at radius 1 is 1.27 bits per heavy atom. The highest BCUT2D eigenvalue weighted by Gasteiger charge is 2.42. The van der Waals surface area contributed by atoms with Crippen LogP contribution in [0, 0.1) is 18.3 Å². The Labute approximate surface area is 243 Å². The third-order valence-corrected chi connectivity index (χ3v) is 13.0. The van der Waals surface area contributed by atoms with Crippen LogP contribution in [-0.2, 0) is 25.9 Å². The number of nitriles is 1. The molecule has 1 unspecified atom stereocenters. The molecule has 2 atom stereocenters. The van der Waals surface area contributed by atoms with Crippen molar-refractivity contribution in [2.24, 2.45) is 0 Å². The summed E-state index contributed by atoms with van der Waals surface area (Å²) in [5.41, 5.74) is 4.78. The van der Waals surface area contributed by atoms with E-state index in [2.05, 4.69) is 73.6 Å². The van der Waals surface area contributed by atoms with E-state index in [1.165, 1.54) is 0 Å². The summed E-state index contributed by atoms with van der Waals surface area (Å²) in [6.07, 6.45) is 1.67. The van der Waals surface area contributed by atoms with Gasteiger partial charge in [-0.25, -0.2) is 14.6 Å². The maximum absolute atomic E-state index is 10.0. The number of ether oxygens (including phenoxy) is 2. The maximum atomic E-state index is 10.0. The van der Waals surface area contributed by atoms with Gasteiger partial charge in [-0.15, -0.1) is 0 Å². The largest absolute Gasteiger partial charge is 0.416 e. The topological polar surface area (TPSA) is 119 Å². The van der Waals surface area contributed by atoms with Gasteiger partial charge in [0.05, 0.1) is 49.0 Å². The highest BCUT2D eigenvalue weighted by molar-refractivity contribution is 6.74. The van der Waals surface area contributed by atoms with E-state index in [0.717, 1.165) is 34.0 Å². The van der Waals surface area contributed by atoms with Crippen LogP contribution in [0.1, 0.15) is 44.5 Å². The molecule has 11 heteroatoms. The van der Waals surface area contributed by atoms with Crippen molar-refractivity contribution >= 4 is 25.8 Å². The van der Waals surface area contributed by atoms with E-state index in [1.54, 1.807) is 6.20 Å². The predicted molar refractivity (Wildman–Crippen MR) is 162 cm³/mol. The van der Waals surface area contributed by atoms with E-state index < -0.39 is 8.32 Å². The molecule has 218 valence electrons. The first kappa shape index (κ1) is 29.2. The Kier molecular flexibility index (Phi) is 7.96. The van der Waals surface area contributed by atoms with Crippen molar-refractivity contribution in [1.29, 1.82) is 5.26 Å². The lowest BCUT2D eigenvalue weighted by Crippen LogP contribution is -2.45. The Balaban J connectivity index is 1.41. The fraction of sp³-hybridized carbons (Fsp3) is 0.533. The summed E-state index contributed by atoms with van der Waals surface area (Å²) < 4.78 is 19.9. The molecule has 1 fully saturated rings. The molecule has 0 bridgehead atoms. The number of hydrogen-bond acceptors (Lipinski definition) is 9. The molecule has 4 heterocycles. The zero-order valence-corrected chi connectivity index (χ0v) is 26.2. The van der Waals surface area contributed by atoms with Crippen LogP contribution in [-0.4, -0.2) is 67.1 Å². The lowest BCUT2D eigenvalue weighted by atomic mass is 9.83. The average Bonchev–Trinajstić information content (AvgIpc) is 3.45. The third kappa shape index (κ3) is 6.16. The molecule has 41 heavy (non-hydrogen) atoms. The van der Waals surface area contributed by atoms with Gasteiger partial charge in [0.2, 0.25) is 5.95 Å². The number of rotatable bonds is 8. The summed E-state index contributed by atoms with van der Waals surface area (Å²) in [6.45, 7) is 19.1. The van der Waals surface area contributed by atoms with Gasteiger partial charge in [-0.1, -0.05) is 27.7 Å². The van der Waals surface area contributed by atoms with Crippen LogP contribution >= 0.6 is 0 Å². The Morgan fingerprint density at radius 2 is 2.07 bits per heavy atom. The van der Waals surface area contributed by atoms with Crippen LogP contribution in [0.3, 0.4) is 0 Å². The lowest BCUT2D eigenvalue weighted by Gasteiger charge is -2.39. The summed E-state index contributed by atoms with van der Waals surface area (Å²) in [5.74, 6) is 1.23. The van der Waals surface area contributed by atoms with Gasteiger partial charge in [0.1, 0.15) is 18.0 Å². The molecular weight excluding hydrogens is 534 g/mol. The monoisotopic (exact) mass is 575 g/mol. The van der Waals surface area contributed by atoms with E-state index in [4.69, 9.17) is 18.9 Å². The van der Waals surface area contributed by atoms with Crippen molar-refractivity contribution in [2.75, 3.05) is 43.6 Å². The quantitative estimate of drug-likeness (QED) is 0.341. The molecule has 0 aliphatic carbocycles. The molecule has 1 aromatic carbocycles. The van der Waals surface area contributed by atoms with Crippen LogP contribution in [0.15, 0.2) is 30.5 Å².